The summed E-state index contributed by atoms with van der Waals surface area (Å²) in [6, 6.07) is 67.5. The average Bonchev–Trinajstić information content (AvgIpc) is 4.14. The van der Waals surface area contributed by atoms with Crippen LogP contribution in [0.2, 0.25) is 0 Å². The number of fused-ring (bicyclic) bond motifs is 16. The summed E-state index contributed by atoms with van der Waals surface area (Å²) in [5.74, 6) is 1.54. The van der Waals surface area contributed by atoms with Gasteiger partial charge in [0, 0.05) is 59.8 Å². The van der Waals surface area contributed by atoms with Crippen molar-refractivity contribution >= 4 is 109 Å². The van der Waals surface area contributed by atoms with Crippen molar-refractivity contribution in [2.45, 2.75) is 0 Å². The Morgan fingerprint density at radius 1 is 0.318 bits per heavy atom. The Morgan fingerprint density at radius 2 is 0.833 bits per heavy atom. The zero-order valence-corrected chi connectivity index (χ0v) is 35.0. The molecule has 10 aromatic carbocycles. The summed E-state index contributed by atoms with van der Waals surface area (Å²) in [4.78, 5) is 16.1. The second-order valence-electron chi connectivity index (χ2n) is 17.1. The maximum absolute atomic E-state index is 6.48. The molecule has 0 aliphatic carbocycles. The Balaban J connectivity index is 1.03. The van der Waals surface area contributed by atoms with Crippen LogP contribution in [0, 0.1) is 0 Å². The van der Waals surface area contributed by atoms with Gasteiger partial charge < -0.3 is 13.3 Å². The maximum atomic E-state index is 6.48. The number of hydrogen-bond donors (Lipinski definition) is 0. The van der Waals surface area contributed by atoms with Gasteiger partial charge in [0.25, 0.3) is 0 Å². The fourth-order valence-corrected chi connectivity index (χ4v) is 10.4. The van der Waals surface area contributed by atoms with Gasteiger partial charge in [-0.25, -0.2) is 4.98 Å². The highest BCUT2D eigenvalue weighted by molar-refractivity contribution is 6.24. The minimum atomic E-state index is 0.493. The van der Waals surface area contributed by atoms with Gasteiger partial charge in [-0.05, 0) is 87.8 Å². The van der Waals surface area contributed by atoms with E-state index in [0.717, 1.165) is 126 Å². The third-order valence-electron chi connectivity index (χ3n) is 13.4. The largest absolute Gasteiger partial charge is 0.456 e. The highest BCUT2D eigenvalue weighted by Gasteiger charge is 2.23. The molecule has 0 fully saturated rings. The van der Waals surface area contributed by atoms with Crippen molar-refractivity contribution in [3.63, 3.8) is 0 Å². The van der Waals surface area contributed by atoms with Gasteiger partial charge in [-0.2, -0.15) is 9.97 Å². The lowest BCUT2D eigenvalue weighted by Gasteiger charge is -2.13. The molecule has 0 atom stereocenters. The molecule has 306 valence electrons. The molecule has 0 aliphatic heterocycles. The van der Waals surface area contributed by atoms with E-state index in [1.54, 1.807) is 0 Å². The topological polar surface area (TPSA) is 83.0 Å². The van der Waals surface area contributed by atoms with Crippen LogP contribution in [0.5, 0.6) is 0 Å². The lowest BCUT2D eigenvalue weighted by atomic mass is 9.97. The van der Waals surface area contributed by atoms with Crippen molar-refractivity contribution in [1.29, 1.82) is 0 Å². The first-order valence-electron chi connectivity index (χ1n) is 22.1. The van der Waals surface area contributed by atoms with Crippen LogP contribution in [0.25, 0.3) is 149 Å². The van der Waals surface area contributed by atoms with Gasteiger partial charge in [-0.3, -0.25) is 4.57 Å². The number of hydrogen-bond acceptors (Lipinski definition) is 6. The van der Waals surface area contributed by atoms with Gasteiger partial charge in [0.2, 0.25) is 5.95 Å². The van der Waals surface area contributed by atoms with E-state index in [1.165, 1.54) is 5.39 Å². The first kappa shape index (κ1) is 35.4. The van der Waals surface area contributed by atoms with Crippen molar-refractivity contribution in [1.82, 2.24) is 19.5 Å². The van der Waals surface area contributed by atoms with Gasteiger partial charge in [0.1, 0.15) is 33.5 Å². The molecule has 5 heterocycles. The lowest BCUT2D eigenvalue weighted by molar-refractivity contribution is 0.668. The number of rotatable bonds is 4. The fraction of sp³-hybridized carbons (Fsp3) is 0. The van der Waals surface area contributed by atoms with E-state index in [0.29, 0.717) is 17.6 Å². The number of benzene rings is 10. The van der Waals surface area contributed by atoms with Gasteiger partial charge in [-0.15, -0.1) is 0 Å². The molecule has 0 bridgehead atoms. The summed E-state index contributed by atoms with van der Waals surface area (Å²) in [6.45, 7) is 0. The highest BCUT2D eigenvalue weighted by Crippen LogP contribution is 2.44. The molecule has 0 spiro atoms. The number of aromatic nitrogens is 4. The molecule has 0 saturated heterocycles. The number of nitrogens with zero attached hydrogens (tertiary/aromatic N) is 4. The molecule has 0 unspecified atom stereocenters. The summed E-state index contributed by atoms with van der Waals surface area (Å²) < 4.78 is 21.5. The Hall–Kier alpha value is -9.07. The summed E-state index contributed by atoms with van der Waals surface area (Å²) in [5.41, 5.74) is 10.6. The normalized spacial score (nSPS) is 12.2. The fourth-order valence-electron chi connectivity index (χ4n) is 10.4. The van der Waals surface area contributed by atoms with Gasteiger partial charge in [-0.1, -0.05) is 133 Å². The zero-order valence-electron chi connectivity index (χ0n) is 35.0. The van der Waals surface area contributed by atoms with Crippen LogP contribution in [0.3, 0.4) is 0 Å². The van der Waals surface area contributed by atoms with Gasteiger partial charge >= 0.3 is 0 Å². The van der Waals surface area contributed by atoms with E-state index in [-0.39, 0.29) is 0 Å². The van der Waals surface area contributed by atoms with E-state index in [4.69, 9.17) is 28.2 Å². The third kappa shape index (κ3) is 5.05. The molecule has 66 heavy (non-hydrogen) atoms. The Morgan fingerprint density at radius 3 is 1.52 bits per heavy atom. The third-order valence-corrected chi connectivity index (χ3v) is 13.4. The smallest absolute Gasteiger partial charge is 0.238 e. The van der Waals surface area contributed by atoms with Crippen LogP contribution in [-0.4, -0.2) is 19.5 Å². The predicted molar refractivity (Wildman–Crippen MR) is 267 cm³/mol. The molecule has 0 saturated carbocycles. The summed E-state index contributed by atoms with van der Waals surface area (Å²) >= 11 is 0. The second-order valence-corrected chi connectivity index (χ2v) is 17.1. The molecule has 0 amide bonds. The monoisotopic (exact) mass is 844 g/mol. The quantitative estimate of drug-likeness (QED) is 0.175. The molecular formula is C59H32N4O3. The van der Waals surface area contributed by atoms with Crippen molar-refractivity contribution in [2.24, 2.45) is 0 Å². The predicted octanol–water partition coefficient (Wildman–Crippen LogP) is 16.0. The van der Waals surface area contributed by atoms with Crippen LogP contribution in [-0.2, 0) is 0 Å². The molecule has 0 N–H and O–H groups in total. The van der Waals surface area contributed by atoms with Gasteiger partial charge in [0.15, 0.2) is 11.6 Å². The van der Waals surface area contributed by atoms with Crippen molar-refractivity contribution in [3.8, 4) is 39.9 Å². The molecule has 0 aliphatic rings. The van der Waals surface area contributed by atoms with E-state index < -0.39 is 0 Å². The maximum Gasteiger partial charge on any atom is 0.238 e. The van der Waals surface area contributed by atoms with Crippen molar-refractivity contribution in [3.05, 3.63) is 194 Å². The minimum absolute atomic E-state index is 0.493. The van der Waals surface area contributed by atoms with Crippen LogP contribution >= 0.6 is 0 Å². The zero-order chi connectivity index (χ0) is 43.0. The molecule has 15 rings (SSSR count). The first-order chi connectivity index (χ1) is 32.7. The Labute approximate surface area is 374 Å². The first-order valence-corrected chi connectivity index (χ1v) is 22.1. The van der Waals surface area contributed by atoms with E-state index in [2.05, 4.69) is 150 Å². The SMILES string of the molecule is c1ccc2c(c1)ccc1oc3ccc(-c4cccc5c6c7ccccc7ccc6n(-c6nc(-c7ccc8c(c7)oc7ccccc78)nc(-c7ccc8c(c7)oc7ccccc78)n6)c45)cc3c12. The van der Waals surface area contributed by atoms with Crippen LogP contribution in [0.4, 0.5) is 0 Å². The van der Waals surface area contributed by atoms with Crippen molar-refractivity contribution in [2.75, 3.05) is 0 Å². The molecular weight excluding hydrogens is 813 g/mol. The number of furan rings is 3. The molecule has 15 aromatic rings. The molecule has 7 nitrogen and oxygen atoms in total. The van der Waals surface area contributed by atoms with Crippen molar-refractivity contribution < 1.29 is 13.3 Å². The molecule has 5 aromatic heterocycles. The van der Waals surface area contributed by atoms with Crippen LogP contribution in [0.15, 0.2) is 207 Å². The summed E-state index contributed by atoms with van der Waals surface area (Å²) in [7, 11) is 0. The van der Waals surface area contributed by atoms with Crippen LogP contribution in [0.1, 0.15) is 0 Å². The van der Waals surface area contributed by atoms with E-state index in [9.17, 15) is 0 Å². The average molecular weight is 845 g/mol. The van der Waals surface area contributed by atoms with Gasteiger partial charge in [0.05, 0.1) is 11.0 Å². The Bertz CT molecular complexity index is 4420. The Kier molecular flexibility index (Phi) is 7.10. The molecule has 7 heteroatoms. The van der Waals surface area contributed by atoms with E-state index >= 15 is 0 Å². The highest BCUT2D eigenvalue weighted by atomic mass is 16.3. The number of para-hydroxylation sites is 3. The standard InChI is InChI=1S/C59H32N4O3/c1-3-12-38-33(10-1)22-27-47-54(38)45-17-9-16-40(35-24-28-50-46(30-35)55-39-13-4-2-11-34(39)23-29-51(55)64-50)56(45)63(47)59-61-57(36-20-25-43-41-14-5-7-18-48(41)65-52(43)31-36)60-58(62-59)37-21-26-44-42-15-6-8-19-49(42)66-53(44)32-37/h1-32H. The molecule has 0 radical (unpaired) electrons. The minimum Gasteiger partial charge on any atom is -0.456 e. The van der Waals surface area contributed by atoms with E-state index in [1.807, 2.05) is 48.5 Å². The summed E-state index contributed by atoms with van der Waals surface area (Å²) in [6.07, 6.45) is 0. The van der Waals surface area contributed by atoms with Crippen LogP contribution < -0.4 is 0 Å². The summed E-state index contributed by atoms with van der Waals surface area (Å²) in [5, 5.41) is 13.2. The second kappa shape index (κ2) is 13.2. The lowest BCUT2D eigenvalue weighted by Crippen LogP contribution is -2.07.